The third-order valence-electron chi connectivity index (χ3n) is 2.37. The van der Waals surface area contributed by atoms with E-state index in [-0.39, 0.29) is 0 Å². The highest BCUT2D eigenvalue weighted by Crippen LogP contribution is 2.08. The average molecular weight is 203 g/mol. The number of hydrogen-bond donors (Lipinski definition) is 1. The molecule has 3 heteroatoms. The summed E-state index contributed by atoms with van der Waals surface area (Å²) in [7, 11) is 0. The van der Waals surface area contributed by atoms with Crippen molar-refractivity contribution in [1.29, 1.82) is 0 Å². The van der Waals surface area contributed by atoms with Gasteiger partial charge in [-0.2, -0.15) is 0 Å². The van der Waals surface area contributed by atoms with Crippen LogP contribution in [0.2, 0.25) is 0 Å². The molecule has 0 amide bonds. The zero-order chi connectivity index (χ0) is 9.68. The van der Waals surface area contributed by atoms with Gasteiger partial charge in [-0.3, -0.25) is 4.90 Å². The highest BCUT2D eigenvalue weighted by atomic mass is 35.5. The summed E-state index contributed by atoms with van der Waals surface area (Å²) in [5.74, 6) is 0. The van der Waals surface area contributed by atoms with Gasteiger partial charge in [0.15, 0.2) is 0 Å². The molecule has 1 rings (SSSR count). The van der Waals surface area contributed by atoms with Crippen LogP contribution in [-0.2, 0) is 0 Å². The molecule has 1 saturated heterocycles. The third-order valence-corrected chi connectivity index (χ3v) is 2.49. The van der Waals surface area contributed by atoms with Crippen LogP contribution in [0.15, 0.2) is 11.6 Å². The van der Waals surface area contributed by atoms with Gasteiger partial charge in [-0.25, -0.2) is 0 Å². The van der Waals surface area contributed by atoms with Crippen molar-refractivity contribution in [2.75, 3.05) is 26.2 Å². The first kappa shape index (κ1) is 11.0. The predicted molar refractivity (Wildman–Crippen MR) is 58.1 cm³/mol. The fourth-order valence-corrected chi connectivity index (χ4v) is 1.99. The van der Waals surface area contributed by atoms with Gasteiger partial charge in [0, 0.05) is 37.3 Å². The lowest BCUT2D eigenvalue weighted by Gasteiger charge is -2.33. The van der Waals surface area contributed by atoms with Gasteiger partial charge < -0.3 is 5.32 Å². The Labute approximate surface area is 85.9 Å². The number of piperazine rings is 1. The van der Waals surface area contributed by atoms with E-state index in [0.29, 0.717) is 6.04 Å². The van der Waals surface area contributed by atoms with Crippen molar-refractivity contribution in [3.05, 3.63) is 11.6 Å². The first-order valence-corrected chi connectivity index (χ1v) is 5.39. The molecule has 0 aromatic heterocycles. The minimum absolute atomic E-state index is 0.648. The Morgan fingerprint density at radius 3 is 3.08 bits per heavy atom. The number of nitrogens with zero attached hydrogens (tertiary/aromatic N) is 1. The first-order valence-electron chi connectivity index (χ1n) is 5.01. The van der Waals surface area contributed by atoms with E-state index in [1.165, 1.54) is 12.8 Å². The van der Waals surface area contributed by atoms with Crippen LogP contribution in [0, 0.1) is 0 Å². The molecule has 0 aromatic carbocycles. The van der Waals surface area contributed by atoms with Gasteiger partial charge in [0.05, 0.1) is 0 Å². The van der Waals surface area contributed by atoms with Crippen LogP contribution in [-0.4, -0.2) is 37.1 Å². The highest BCUT2D eigenvalue weighted by molar-refractivity contribution is 6.29. The van der Waals surface area contributed by atoms with Crippen molar-refractivity contribution in [1.82, 2.24) is 10.2 Å². The molecule has 1 atom stereocenters. The van der Waals surface area contributed by atoms with Gasteiger partial charge in [-0.15, -0.1) is 0 Å². The minimum atomic E-state index is 0.648. The Morgan fingerprint density at radius 1 is 1.69 bits per heavy atom. The topological polar surface area (TPSA) is 15.3 Å². The van der Waals surface area contributed by atoms with Crippen LogP contribution in [0.5, 0.6) is 0 Å². The van der Waals surface area contributed by atoms with Crippen molar-refractivity contribution in [3.8, 4) is 0 Å². The fourth-order valence-electron chi connectivity index (χ4n) is 1.82. The second-order valence-corrected chi connectivity index (χ2v) is 4.23. The van der Waals surface area contributed by atoms with Crippen molar-refractivity contribution >= 4 is 11.6 Å². The van der Waals surface area contributed by atoms with Crippen molar-refractivity contribution in [2.24, 2.45) is 0 Å². The maximum absolute atomic E-state index is 5.78. The molecule has 0 spiro atoms. The van der Waals surface area contributed by atoms with Gasteiger partial charge in [-0.1, -0.05) is 31.5 Å². The van der Waals surface area contributed by atoms with Crippen molar-refractivity contribution in [3.63, 3.8) is 0 Å². The van der Waals surface area contributed by atoms with Crippen LogP contribution < -0.4 is 5.32 Å². The molecule has 1 fully saturated rings. The van der Waals surface area contributed by atoms with Crippen LogP contribution in [0.4, 0.5) is 0 Å². The molecule has 0 aliphatic carbocycles. The smallest absolute Gasteiger partial charge is 0.0336 e. The maximum Gasteiger partial charge on any atom is 0.0336 e. The SMILES string of the molecule is C=C(Cl)CN1CCNC(CCC)C1. The van der Waals surface area contributed by atoms with E-state index in [1.807, 2.05) is 0 Å². The second kappa shape index (κ2) is 5.63. The van der Waals surface area contributed by atoms with E-state index in [4.69, 9.17) is 11.6 Å². The summed E-state index contributed by atoms with van der Waals surface area (Å²) in [4.78, 5) is 2.37. The molecular weight excluding hydrogens is 184 g/mol. The molecule has 0 radical (unpaired) electrons. The lowest BCUT2D eigenvalue weighted by Crippen LogP contribution is -2.50. The maximum atomic E-state index is 5.78. The fraction of sp³-hybridized carbons (Fsp3) is 0.800. The summed E-state index contributed by atoms with van der Waals surface area (Å²) in [6.45, 7) is 10.1. The van der Waals surface area contributed by atoms with Crippen LogP contribution in [0.3, 0.4) is 0 Å². The molecule has 1 unspecified atom stereocenters. The molecule has 1 heterocycles. The molecular formula is C10H19ClN2. The van der Waals surface area contributed by atoms with E-state index in [1.54, 1.807) is 0 Å². The lowest BCUT2D eigenvalue weighted by molar-refractivity contribution is 0.210. The molecule has 13 heavy (non-hydrogen) atoms. The summed E-state index contributed by atoms with van der Waals surface area (Å²) in [6.07, 6.45) is 2.50. The van der Waals surface area contributed by atoms with Crippen LogP contribution in [0.1, 0.15) is 19.8 Å². The molecule has 1 aliphatic heterocycles. The van der Waals surface area contributed by atoms with E-state index in [2.05, 4.69) is 23.7 Å². The normalized spacial score (nSPS) is 24.6. The Hall–Kier alpha value is -0.0500. The summed E-state index contributed by atoms with van der Waals surface area (Å²) in [5, 5.41) is 4.26. The predicted octanol–water partition coefficient (Wildman–Crippen LogP) is 1.81. The molecule has 2 nitrogen and oxygen atoms in total. The van der Waals surface area contributed by atoms with Gasteiger partial charge in [0.1, 0.15) is 0 Å². The van der Waals surface area contributed by atoms with E-state index in [9.17, 15) is 0 Å². The number of hydrogen-bond acceptors (Lipinski definition) is 2. The summed E-state index contributed by atoms with van der Waals surface area (Å²) in [5.41, 5.74) is 0. The van der Waals surface area contributed by atoms with Crippen molar-refractivity contribution in [2.45, 2.75) is 25.8 Å². The summed E-state index contributed by atoms with van der Waals surface area (Å²) >= 11 is 5.78. The largest absolute Gasteiger partial charge is 0.311 e. The Balaban J connectivity index is 2.28. The van der Waals surface area contributed by atoms with E-state index in [0.717, 1.165) is 31.2 Å². The lowest BCUT2D eigenvalue weighted by atomic mass is 10.1. The molecule has 0 bridgehead atoms. The van der Waals surface area contributed by atoms with Crippen LogP contribution in [0.25, 0.3) is 0 Å². The first-order chi connectivity index (χ1) is 6.22. The third kappa shape index (κ3) is 4.12. The Kier molecular flexibility index (Phi) is 4.78. The second-order valence-electron chi connectivity index (χ2n) is 3.69. The van der Waals surface area contributed by atoms with E-state index < -0.39 is 0 Å². The standard InChI is InChI=1S/C10H19ClN2/c1-3-4-10-8-13(6-5-12-10)7-9(2)11/h10,12H,2-8H2,1H3. The monoisotopic (exact) mass is 202 g/mol. The molecule has 1 N–H and O–H groups in total. The van der Waals surface area contributed by atoms with Gasteiger partial charge in [0.2, 0.25) is 0 Å². The van der Waals surface area contributed by atoms with Gasteiger partial charge in [-0.05, 0) is 6.42 Å². The van der Waals surface area contributed by atoms with E-state index >= 15 is 0 Å². The number of rotatable bonds is 4. The number of halogens is 1. The highest BCUT2D eigenvalue weighted by Gasteiger charge is 2.17. The summed E-state index contributed by atoms with van der Waals surface area (Å²) in [6, 6.07) is 0.648. The molecule has 76 valence electrons. The Morgan fingerprint density at radius 2 is 2.46 bits per heavy atom. The molecule has 0 saturated carbocycles. The number of nitrogens with one attached hydrogen (secondary N) is 1. The average Bonchev–Trinajstić information content (AvgIpc) is 2.04. The minimum Gasteiger partial charge on any atom is -0.311 e. The zero-order valence-corrected chi connectivity index (χ0v) is 9.11. The molecule has 1 aliphatic rings. The van der Waals surface area contributed by atoms with Crippen LogP contribution >= 0.6 is 11.6 Å². The summed E-state index contributed by atoms with van der Waals surface area (Å²) < 4.78 is 0. The Bertz CT molecular complexity index is 168. The quantitative estimate of drug-likeness (QED) is 0.748. The molecule has 0 aromatic rings. The van der Waals surface area contributed by atoms with Gasteiger partial charge in [0.25, 0.3) is 0 Å². The zero-order valence-electron chi connectivity index (χ0n) is 8.35. The van der Waals surface area contributed by atoms with Crippen molar-refractivity contribution < 1.29 is 0 Å². The van der Waals surface area contributed by atoms with Gasteiger partial charge >= 0.3 is 0 Å².